The molecule has 0 spiro atoms. The molecule has 1 aromatic rings. The van der Waals surface area contributed by atoms with Crippen LogP contribution in [0.25, 0.3) is 0 Å². The molecule has 0 saturated heterocycles. The first-order chi connectivity index (χ1) is 8.57. The van der Waals surface area contributed by atoms with Gasteiger partial charge in [-0.05, 0) is 20.8 Å². The van der Waals surface area contributed by atoms with Crippen LogP contribution in [0.5, 0.6) is 0 Å². The summed E-state index contributed by atoms with van der Waals surface area (Å²) in [4.78, 5) is 5.87. The Bertz CT molecular complexity index is 396. The van der Waals surface area contributed by atoms with E-state index in [0.717, 1.165) is 5.69 Å². The highest BCUT2D eigenvalue weighted by Gasteiger charge is 2.27. The van der Waals surface area contributed by atoms with E-state index < -0.39 is 12.6 Å². The fourth-order valence-corrected chi connectivity index (χ4v) is 2.12. The summed E-state index contributed by atoms with van der Waals surface area (Å²) >= 11 is 1.37. The van der Waals surface area contributed by atoms with E-state index in [9.17, 15) is 13.2 Å². The molecule has 19 heavy (non-hydrogen) atoms. The van der Waals surface area contributed by atoms with Gasteiger partial charge in [-0.15, -0.1) is 11.3 Å². The van der Waals surface area contributed by atoms with Crippen LogP contribution < -0.4 is 10.2 Å². The highest BCUT2D eigenvalue weighted by molar-refractivity contribution is 7.13. The number of anilines is 1. The van der Waals surface area contributed by atoms with E-state index in [4.69, 9.17) is 0 Å². The number of nitrogens with one attached hydrogen (secondary N) is 1. The summed E-state index contributed by atoms with van der Waals surface area (Å²) in [5.41, 5.74) is 0.847. The van der Waals surface area contributed by atoms with Gasteiger partial charge < -0.3 is 10.2 Å². The second kappa shape index (κ2) is 6.09. The standard InChI is InChI=1S/C12H20F3N3S/c1-11(2,3)16-7-9-8-19-10(17-9)18(4)6-5-12(13,14)15/h8,16H,5-7H2,1-4H3. The third-order valence-corrected chi connectivity index (χ3v) is 3.40. The minimum atomic E-state index is -4.12. The van der Waals surface area contributed by atoms with Gasteiger partial charge in [-0.1, -0.05) is 0 Å². The van der Waals surface area contributed by atoms with Gasteiger partial charge in [-0.3, -0.25) is 0 Å². The molecule has 0 aromatic carbocycles. The first-order valence-electron chi connectivity index (χ1n) is 6.04. The lowest BCUT2D eigenvalue weighted by atomic mass is 10.1. The molecule has 0 amide bonds. The molecule has 110 valence electrons. The topological polar surface area (TPSA) is 28.2 Å². The molecule has 0 fully saturated rings. The van der Waals surface area contributed by atoms with Crippen LogP contribution in [-0.4, -0.2) is 30.3 Å². The van der Waals surface area contributed by atoms with Crippen LogP contribution in [-0.2, 0) is 6.54 Å². The van der Waals surface area contributed by atoms with Gasteiger partial charge in [0, 0.05) is 31.1 Å². The van der Waals surface area contributed by atoms with E-state index in [-0.39, 0.29) is 12.1 Å². The molecule has 1 rings (SSSR count). The number of hydrogen-bond acceptors (Lipinski definition) is 4. The monoisotopic (exact) mass is 295 g/mol. The molecular weight excluding hydrogens is 275 g/mol. The first-order valence-corrected chi connectivity index (χ1v) is 6.92. The number of hydrogen-bond donors (Lipinski definition) is 1. The second-order valence-electron chi connectivity index (χ2n) is 5.51. The van der Waals surface area contributed by atoms with Gasteiger partial charge in [-0.25, -0.2) is 4.98 Å². The van der Waals surface area contributed by atoms with Crippen LogP contribution in [0.4, 0.5) is 18.3 Å². The van der Waals surface area contributed by atoms with E-state index in [0.29, 0.717) is 11.7 Å². The van der Waals surface area contributed by atoms with Crippen molar-refractivity contribution in [2.45, 2.75) is 45.5 Å². The Morgan fingerprint density at radius 3 is 2.47 bits per heavy atom. The largest absolute Gasteiger partial charge is 0.390 e. The first kappa shape index (κ1) is 16.2. The van der Waals surface area contributed by atoms with Crippen molar-refractivity contribution in [1.29, 1.82) is 0 Å². The van der Waals surface area contributed by atoms with E-state index in [1.54, 1.807) is 11.9 Å². The third-order valence-electron chi connectivity index (χ3n) is 2.40. The average Bonchev–Trinajstić information content (AvgIpc) is 2.69. The number of nitrogens with zero attached hydrogens (tertiary/aromatic N) is 2. The molecule has 1 aromatic heterocycles. The summed E-state index contributed by atoms with van der Waals surface area (Å²) in [6.07, 6.45) is -4.94. The van der Waals surface area contributed by atoms with E-state index in [1.165, 1.54) is 11.3 Å². The van der Waals surface area contributed by atoms with Crippen molar-refractivity contribution < 1.29 is 13.2 Å². The lowest BCUT2D eigenvalue weighted by Crippen LogP contribution is -2.35. The summed E-state index contributed by atoms with van der Waals surface area (Å²) < 4.78 is 36.4. The molecule has 0 atom stereocenters. The Kier molecular flexibility index (Phi) is 5.20. The smallest absolute Gasteiger partial charge is 0.351 e. The third kappa shape index (κ3) is 6.77. The van der Waals surface area contributed by atoms with Crippen molar-refractivity contribution in [3.8, 4) is 0 Å². The van der Waals surface area contributed by atoms with Gasteiger partial charge in [0.2, 0.25) is 0 Å². The van der Waals surface area contributed by atoms with Crippen molar-refractivity contribution in [3.05, 3.63) is 11.1 Å². The lowest BCUT2D eigenvalue weighted by molar-refractivity contribution is -0.132. The Hall–Kier alpha value is -0.820. The Labute approximate surface area is 115 Å². The molecule has 1 heterocycles. The van der Waals surface area contributed by atoms with E-state index >= 15 is 0 Å². The predicted molar refractivity (Wildman–Crippen MR) is 72.6 cm³/mol. The van der Waals surface area contributed by atoms with Crippen molar-refractivity contribution in [2.24, 2.45) is 0 Å². The molecule has 0 aliphatic rings. The molecular formula is C12H20F3N3S. The zero-order valence-corrected chi connectivity index (χ0v) is 12.5. The van der Waals surface area contributed by atoms with Crippen LogP contribution in [0, 0.1) is 0 Å². The van der Waals surface area contributed by atoms with Crippen molar-refractivity contribution in [1.82, 2.24) is 10.3 Å². The van der Waals surface area contributed by atoms with Crippen molar-refractivity contribution in [2.75, 3.05) is 18.5 Å². The summed E-state index contributed by atoms with van der Waals surface area (Å²) in [5.74, 6) is 0. The molecule has 1 N–H and O–H groups in total. The SMILES string of the molecule is CN(CCC(F)(F)F)c1nc(CNC(C)(C)C)cs1. The molecule has 3 nitrogen and oxygen atoms in total. The molecule has 0 unspecified atom stereocenters. The number of thiazole rings is 1. The quantitative estimate of drug-likeness (QED) is 0.902. The molecule has 0 radical (unpaired) electrons. The van der Waals surface area contributed by atoms with Gasteiger partial charge in [0.1, 0.15) is 0 Å². The summed E-state index contributed by atoms with van der Waals surface area (Å²) in [7, 11) is 1.63. The molecule has 0 saturated carbocycles. The van der Waals surface area contributed by atoms with Gasteiger partial charge in [0.05, 0.1) is 12.1 Å². The Balaban J connectivity index is 2.49. The normalized spacial score (nSPS) is 12.8. The maximum atomic E-state index is 12.1. The van der Waals surface area contributed by atoms with Crippen LogP contribution in [0.1, 0.15) is 32.9 Å². The number of aromatic nitrogens is 1. The molecule has 0 aliphatic heterocycles. The average molecular weight is 295 g/mol. The number of alkyl halides is 3. The predicted octanol–water partition coefficient (Wildman–Crippen LogP) is 3.42. The lowest BCUT2D eigenvalue weighted by Gasteiger charge is -2.19. The maximum absolute atomic E-state index is 12.1. The van der Waals surface area contributed by atoms with Gasteiger partial charge in [0.25, 0.3) is 0 Å². The number of rotatable bonds is 5. The van der Waals surface area contributed by atoms with Gasteiger partial charge in [-0.2, -0.15) is 13.2 Å². The van der Waals surface area contributed by atoms with E-state index in [1.807, 2.05) is 5.38 Å². The maximum Gasteiger partial charge on any atom is 0.390 e. The van der Waals surface area contributed by atoms with Crippen LogP contribution in [0.15, 0.2) is 5.38 Å². The highest BCUT2D eigenvalue weighted by Crippen LogP contribution is 2.24. The molecule has 0 aliphatic carbocycles. The van der Waals surface area contributed by atoms with Crippen molar-refractivity contribution >= 4 is 16.5 Å². The summed E-state index contributed by atoms with van der Waals surface area (Å²) in [6.45, 7) is 6.71. The van der Waals surface area contributed by atoms with E-state index in [2.05, 4.69) is 31.1 Å². The van der Waals surface area contributed by atoms with Crippen LogP contribution in [0.3, 0.4) is 0 Å². The van der Waals surface area contributed by atoms with Crippen molar-refractivity contribution in [3.63, 3.8) is 0 Å². The minimum Gasteiger partial charge on any atom is -0.351 e. The Morgan fingerprint density at radius 2 is 1.95 bits per heavy atom. The fraction of sp³-hybridized carbons (Fsp3) is 0.750. The van der Waals surface area contributed by atoms with Crippen LogP contribution in [0.2, 0.25) is 0 Å². The van der Waals surface area contributed by atoms with Gasteiger partial charge >= 0.3 is 6.18 Å². The zero-order chi connectivity index (χ0) is 14.7. The fourth-order valence-electron chi connectivity index (χ4n) is 1.30. The number of halogens is 3. The summed E-state index contributed by atoms with van der Waals surface area (Å²) in [6, 6.07) is 0. The second-order valence-corrected chi connectivity index (χ2v) is 6.35. The zero-order valence-electron chi connectivity index (χ0n) is 11.6. The minimum absolute atomic E-state index is 0.00797. The van der Waals surface area contributed by atoms with Gasteiger partial charge in [0.15, 0.2) is 5.13 Å². The Morgan fingerprint density at radius 1 is 1.32 bits per heavy atom. The van der Waals surface area contributed by atoms with Crippen LogP contribution >= 0.6 is 11.3 Å². The highest BCUT2D eigenvalue weighted by atomic mass is 32.1. The molecule has 0 bridgehead atoms. The summed E-state index contributed by atoms with van der Waals surface area (Å²) in [5, 5.41) is 5.79. The molecule has 7 heteroatoms.